The van der Waals surface area contributed by atoms with Crippen LogP contribution in [-0.4, -0.2) is 43.3 Å². The van der Waals surface area contributed by atoms with Crippen LogP contribution in [0.3, 0.4) is 0 Å². The number of hydrogen-bond acceptors (Lipinski definition) is 4. The molecule has 1 saturated heterocycles. The molecule has 1 fully saturated rings. The van der Waals surface area contributed by atoms with E-state index in [1.165, 1.54) is 25.8 Å². The zero-order chi connectivity index (χ0) is 13.1. The Balaban J connectivity index is 1.42. The zero-order valence-corrected chi connectivity index (χ0v) is 12.5. The lowest BCUT2D eigenvalue weighted by Crippen LogP contribution is -2.44. The van der Waals surface area contributed by atoms with Crippen molar-refractivity contribution in [3.8, 4) is 0 Å². The molecule has 0 aliphatic carbocycles. The van der Waals surface area contributed by atoms with E-state index in [-0.39, 0.29) is 0 Å². The number of nitrogens with one attached hydrogen (secondary N) is 1. The highest BCUT2D eigenvalue weighted by atomic mass is 32.1. The maximum Gasteiger partial charge on any atom is 0.0700 e. The second kappa shape index (κ2) is 6.35. The average molecular weight is 280 g/mol. The summed E-state index contributed by atoms with van der Waals surface area (Å²) in [5, 5.41) is 5.81. The van der Waals surface area contributed by atoms with E-state index in [0.29, 0.717) is 12.1 Å². The molecule has 3 heterocycles. The van der Waals surface area contributed by atoms with E-state index in [1.807, 2.05) is 11.3 Å². The standard InChI is InChI=1S/C15H24N2OS/c1-12(9-16-10-14-3-2-7-18-14)17-6-4-15-13(11-17)5-8-19-15/h5,8,12,14,16H,2-4,6-7,9-11H2,1H3. The van der Waals surface area contributed by atoms with E-state index >= 15 is 0 Å². The Bertz CT molecular complexity index is 401. The quantitative estimate of drug-likeness (QED) is 0.895. The summed E-state index contributed by atoms with van der Waals surface area (Å²) in [5.74, 6) is 0. The van der Waals surface area contributed by atoms with Gasteiger partial charge in [0, 0.05) is 43.7 Å². The summed E-state index contributed by atoms with van der Waals surface area (Å²) in [6.45, 7) is 7.70. The Kier molecular flexibility index (Phi) is 4.53. The van der Waals surface area contributed by atoms with Crippen LogP contribution in [0.15, 0.2) is 11.4 Å². The molecule has 1 N–H and O–H groups in total. The fourth-order valence-electron chi connectivity index (χ4n) is 3.03. The molecule has 1 aromatic heterocycles. The van der Waals surface area contributed by atoms with Gasteiger partial charge in [0.15, 0.2) is 0 Å². The van der Waals surface area contributed by atoms with Gasteiger partial charge in [0.25, 0.3) is 0 Å². The fraction of sp³-hybridized carbons (Fsp3) is 0.733. The van der Waals surface area contributed by atoms with Crippen molar-refractivity contribution >= 4 is 11.3 Å². The van der Waals surface area contributed by atoms with E-state index < -0.39 is 0 Å². The van der Waals surface area contributed by atoms with Gasteiger partial charge in [-0.3, -0.25) is 4.90 Å². The van der Waals surface area contributed by atoms with Gasteiger partial charge in [0.05, 0.1) is 6.10 Å². The lowest BCUT2D eigenvalue weighted by atomic mass is 10.1. The van der Waals surface area contributed by atoms with Gasteiger partial charge in [-0.1, -0.05) is 0 Å². The zero-order valence-electron chi connectivity index (χ0n) is 11.7. The van der Waals surface area contributed by atoms with Gasteiger partial charge in [-0.2, -0.15) is 0 Å². The van der Waals surface area contributed by atoms with E-state index in [2.05, 4.69) is 28.6 Å². The summed E-state index contributed by atoms with van der Waals surface area (Å²) in [7, 11) is 0. The fourth-order valence-corrected chi connectivity index (χ4v) is 3.92. The lowest BCUT2D eigenvalue weighted by Gasteiger charge is -2.32. The second-order valence-electron chi connectivity index (χ2n) is 5.73. The predicted molar refractivity (Wildman–Crippen MR) is 79.7 cm³/mol. The van der Waals surface area contributed by atoms with Crippen LogP contribution in [0.1, 0.15) is 30.2 Å². The molecule has 0 bridgehead atoms. The van der Waals surface area contributed by atoms with Crippen molar-refractivity contribution in [1.29, 1.82) is 0 Å². The van der Waals surface area contributed by atoms with Crippen molar-refractivity contribution in [1.82, 2.24) is 10.2 Å². The van der Waals surface area contributed by atoms with Crippen LogP contribution in [0.2, 0.25) is 0 Å². The Hall–Kier alpha value is -0.420. The Labute approximate surface area is 119 Å². The van der Waals surface area contributed by atoms with Crippen LogP contribution in [0.25, 0.3) is 0 Å². The first kappa shape index (κ1) is 13.6. The molecule has 19 heavy (non-hydrogen) atoms. The van der Waals surface area contributed by atoms with Crippen molar-refractivity contribution in [3.05, 3.63) is 21.9 Å². The monoisotopic (exact) mass is 280 g/mol. The van der Waals surface area contributed by atoms with E-state index in [4.69, 9.17) is 4.74 Å². The van der Waals surface area contributed by atoms with Gasteiger partial charge >= 0.3 is 0 Å². The maximum atomic E-state index is 5.64. The molecule has 2 unspecified atom stereocenters. The third-order valence-electron chi connectivity index (χ3n) is 4.30. The van der Waals surface area contributed by atoms with Gasteiger partial charge in [0.1, 0.15) is 0 Å². The molecule has 0 saturated carbocycles. The van der Waals surface area contributed by atoms with Crippen LogP contribution < -0.4 is 5.32 Å². The first-order chi connectivity index (χ1) is 9.33. The Morgan fingerprint density at radius 2 is 2.53 bits per heavy atom. The minimum atomic E-state index is 0.456. The van der Waals surface area contributed by atoms with E-state index in [1.54, 1.807) is 10.4 Å². The van der Waals surface area contributed by atoms with E-state index in [9.17, 15) is 0 Å². The second-order valence-corrected chi connectivity index (χ2v) is 6.73. The van der Waals surface area contributed by atoms with Crippen molar-refractivity contribution in [2.24, 2.45) is 0 Å². The minimum absolute atomic E-state index is 0.456. The number of fused-ring (bicyclic) bond motifs is 1. The number of ether oxygens (including phenoxy) is 1. The highest BCUT2D eigenvalue weighted by molar-refractivity contribution is 7.10. The molecule has 0 radical (unpaired) electrons. The van der Waals surface area contributed by atoms with Gasteiger partial charge < -0.3 is 10.1 Å². The highest BCUT2D eigenvalue weighted by Crippen LogP contribution is 2.24. The summed E-state index contributed by atoms with van der Waals surface area (Å²) in [6.07, 6.45) is 4.14. The van der Waals surface area contributed by atoms with Crippen LogP contribution in [0.5, 0.6) is 0 Å². The smallest absolute Gasteiger partial charge is 0.0700 e. The molecule has 2 aliphatic rings. The maximum absolute atomic E-state index is 5.64. The SMILES string of the molecule is CC(CNCC1CCCO1)N1CCc2sccc2C1. The Morgan fingerprint density at radius 3 is 3.37 bits per heavy atom. The molecule has 4 heteroatoms. The predicted octanol–water partition coefficient (Wildman–Crippen LogP) is 2.26. The third kappa shape index (κ3) is 3.37. The van der Waals surface area contributed by atoms with Gasteiger partial charge in [-0.15, -0.1) is 11.3 Å². The topological polar surface area (TPSA) is 24.5 Å². The van der Waals surface area contributed by atoms with Crippen molar-refractivity contribution in [2.45, 2.75) is 44.9 Å². The largest absolute Gasteiger partial charge is 0.377 e. The molecule has 2 aliphatic heterocycles. The van der Waals surface area contributed by atoms with Crippen LogP contribution in [0, 0.1) is 0 Å². The summed E-state index contributed by atoms with van der Waals surface area (Å²) in [5.41, 5.74) is 1.54. The molecule has 3 rings (SSSR count). The number of rotatable bonds is 5. The molecule has 0 spiro atoms. The normalized spacial score (nSPS) is 25.4. The van der Waals surface area contributed by atoms with Crippen LogP contribution in [-0.2, 0) is 17.7 Å². The summed E-state index contributed by atoms with van der Waals surface area (Å²) in [4.78, 5) is 4.19. The summed E-state index contributed by atoms with van der Waals surface area (Å²) < 4.78 is 5.64. The summed E-state index contributed by atoms with van der Waals surface area (Å²) >= 11 is 1.91. The molecule has 106 valence electrons. The molecule has 1 aromatic rings. The molecule has 2 atom stereocenters. The highest BCUT2D eigenvalue weighted by Gasteiger charge is 2.21. The first-order valence-electron chi connectivity index (χ1n) is 7.44. The third-order valence-corrected chi connectivity index (χ3v) is 5.32. The summed E-state index contributed by atoms with van der Waals surface area (Å²) in [6, 6.07) is 2.90. The number of nitrogens with zero attached hydrogens (tertiary/aromatic N) is 1. The van der Waals surface area contributed by atoms with Crippen LogP contribution in [0.4, 0.5) is 0 Å². The minimum Gasteiger partial charge on any atom is -0.377 e. The van der Waals surface area contributed by atoms with Crippen molar-refractivity contribution < 1.29 is 4.74 Å². The average Bonchev–Trinajstić information content (AvgIpc) is 3.08. The molecule has 0 amide bonds. The van der Waals surface area contributed by atoms with Crippen molar-refractivity contribution in [2.75, 3.05) is 26.2 Å². The molecular weight excluding hydrogens is 256 g/mol. The molecule has 3 nitrogen and oxygen atoms in total. The van der Waals surface area contributed by atoms with Crippen molar-refractivity contribution in [3.63, 3.8) is 0 Å². The van der Waals surface area contributed by atoms with Gasteiger partial charge in [-0.05, 0) is 43.2 Å². The molecule has 0 aromatic carbocycles. The number of hydrogen-bond donors (Lipinski definition) is 1. The van der Waals surface area contributed by atoms with Crippen LogP contribution >= 0.6 is 11.3 Å². The van der Waals surface area contributed by atoms with Gasteiger partial charge in [0.2, 0.25) is 0 Å². The Morgan fingerprint density at radius 1 is 1.58 bits per heavy atom. The van der Waals surface area contributed by atoms with Gasteiger partial charge in [-0.25, -0.2) is 0 Å². The lowest BCUT2D eigenvalue weighted by molar-refractivity contribution is 0.106. The van der Waals surface area contributed by atoms with E-state index in [0.717, 1.165) is 26.2 Å². The number of thiophene rings is 1. The molecular formula is C15H24N2OS. The first-order valence-corrected chi connectivity index (χ1v) is 8.32.